The smallest absolute Gasteiger partial charge is 0.341 e. The number of nitrogens with one attached hydrogen (secondary N) is 1. The van der Waals surface area contributed by atoms with E-state index in [0.29, 0.717) is 28.5 Å². The number of thiophene rings is 1. The van der Waals surface area contributed by atoms with Gasteiger partial charge in [0.2, 0.25) is 0 Å². The molecule has 0 bridgehead atoms. The molecule has 0 saturated heterocycles. The highest BCUT2D eigenvalue weighted by molar-refractivity contribution is 7.17. The third-order valence-electron chi connectivity index (χ3n) is 4.67. The van der Waals surface area contributed by atoms with Gasteiger partial charge in [-0.2, -0.15) is 5.26 Å². The van der Waals surface area contributed by atoms with Crippen LogP contribution in [0.4, 0.5) is 5.00 Å². The van der Waals surface area contributed by atoms with Crippen molar-refractivity contribution in [2.75, 3.05) is 18.5 Å². The van der Waals surface area contributed by atoms with Crippen molar-refractivity contribution < 1.29 is 19.1 Å². The van der Waals surface area contributed by atoms with Crippen molar-refractivity contribution in [2.24, 2.45) is 0 Å². The van der Waals surface area contributed by atoms with E-state index in [2.05, 4.69) is 5.32 Å². The van der Waals surface area contributed by atoms with Crippen LogP contribution in [-0.2, 0) is 22.4 Å². The molecule has 0 spiro atoms. The number of fused-ring (bicyclic) bond motifs is 1. The number of carbonyl (C=O) groups excluding carboxylic acids is 2. The predicted molar refractivity (Wildman–Crippen MR) is 117 cm³/mol. The van der Waals surface area contributed by atoms with Crippen LogP contribution < -0.4 is 10.1 Å². The Bertz CT molecular complexity index is 1020. The first-order valence-corrected chi connectivity index (χ1v) is 10.9. The van der Waals surface area contributed by atoms with Crippen molar-refractivity contribution >= 4 is 34.3 Å². The standard InChI is InChI=1S/C23H24N2O4S/c1-3-12-29-18-10-6-5-8-15(18)13-16(14-24)21(26)25-22-20(23(27)28-4-2)17-9-7-11-19(17)30-22/h5-6,8,10,13H,3-4,7,9,11-12H2,1-2H3,(H,25,26)/b16-13+. The highest BCUT2D eigenvalue weighted by atomic mass is 32.1. The van der Waals surface area contributed by atoms with Gasteiger partial charge in [0, 0.05) is 10.4 Å². The number of nitriles is 1. The molecular formula is C23H24N2O4S. The number of benzene rings is 1. The van der Waals surface area contributed by atoms with Crippen LogP contribution >= 0.6 is 11.3 Å². The molecule has 1 aromatic carbocycles. The number of esters is 1. The molecule has 0 aliphatic heterocycles. The summed E-state index contributed by atoms with van der Waals surface area (Å²) in [6.07, 6.45) is 5.01. The van der Waals surface area contributed by atoms with Gasteiger partial charge in [-0.15, -0.1) is 11.3 Å². The molecule has 2 aromatic rings. The van der Waals surface area contributed by atoms with E-state index in [9.17, 15) is 14.9 Å². The molecule has 1 N–H and O–H groups in total. The van der Waals surface area contributed by atoms with Crippen LogP contribution in [0.5, 0.6) is 5.75 Å². The number of aryl methyl sites for hydroxylation is 1. The molecule has 3 rings (SSSR count). The molecule has 0 radical (unpaired) electrons. The molecule has 30 heavy (non-hydrogen) atoms. The first-order valence-electron chi connectivity index (χ1n) is 10.1. The van der Waals surface area contributed by atoms with Gasteiger partial charge in [-0.1, -0.05) is 25.1 Å². The van der Waals surface area contributed by atoms with Crippen LogP contribution in [0.1, 0.15) is 53.1 Å². The lowest BCUT2D eigenvalue weighted by molar-refractivity contribution is -0.112. The van der Waals surface area contributed by atoms with E-state index in [1.807, 2.05) is 25.1 Å². The number of para-hydroxylation sites is 1. The monoisotopic (exact) mass is 424 g/mol. The van der Waals surface area contributed by atoms with Crippen molar-refractivity contribution in [1.82, 2.24) is 0 Å². The van der Waals surface area contributed by atoms with Crippen molar-refractivity contribution in [3.8, 4) is 11.8 Å². The van der Waals surface area contributed by atoms with Gasteiger partial charge < -0.3 is 14.8 Å². The van der Waals surface area contributed by atoms with Crippen LogP contribution in [0.2, 0.25) is 0 Å². The summed E-state index contributed by atoms with van der Waals surface area (Å²) in [6.45, 7) is 4.56. The topological polar surface area (TPSA) is 88.4 Å². The van der Waals surface area contributed by atoms with Gasteiger partial charge >= 0.3 is 5.97 Å². The average Bonchev–Trinajstić information content (AvgIpc) is 3.31. The quantitative estimate of drug-likeness (QED) is 0.375. The van der Waals surface area contributed by atoms with E-state index >= 15 is 0 Å². The number of ether oxygens (including phenoxy) is 2. The maximum atomic E-state index is 12.8. The second-order valence-corrected chi connectivity index (χ2v) is 7.90. The van der Waals surface area contributed by atoms with Gasteiger partial charge in [0.05, 0.1) is 18.8 Å². The average molecular weight is 425 g/mol. The normalized spacial score (nSPS) is 12.8. The number of anilines is 1. The molecule has 1 aliphatic rings. The summed E-state index contributed by atoms with van der Waals surface area (Å²) in [4.78, 5) is 26.4. The first kappa shape index (κ1) is 21.6. The Hall–Kier alpha value is -3.11. The van der Waals surface area contributed by atoms with Crippen LogP contribution in [0.15, 0.2) is 29.8 Å². The van der Waals surface area contributed by atoms with Gasteiger partial charge in [0.25, 0.3) is 5.91 Å². The molecule has 7 heteroatoms. The zero-order valence-corrected chi connectivity index (χ0v) is 17.9. The molecule has 156 valence electrons. The Balaban J connectivity index is 1.88. The number of nitrogens with zero attached hydrogens (tertiary/aromatic N) is 1. The SMILES string of the molecule is CCCOc1ccccc1/C=C(\C#N)C(=O)Nc1sc2c(c1C(=O)OCC)CCC2. The number of hydrogen-bond acceptors (Lipinski definition) is 6. The van der Waals surface area contributed by atoms with E-state index < -0.39 is 11.9 Å². The minimum Gasteiger partial charge on any atom is -0.493 e. The lowest BCUT2D eigenvalue weighted by Gasteiger charge is -2.09. The van der Waals surface area contributed by atoms with Crippen molar-refractivity contribution in [1.29, 1.82) is 5.26 Å². The second kappa shape index (κ2) is 10.1. The molecule has 0 fully saturated rings. The van der Waals surface area contributed by atoms with Gasteiger partial charge in [-0.25, -0.2) is 4.79 Å². The van der Waals surface area contributed by atoms with E-state index in [0.717, 1.165) is 36.1 Å². The van der Waals surface area contributed by atoms with Crippen molar-refractivity contribution in [3.63, 3.8) is 0 Å². The molecule has 1 aliphatic carbocycles. The molecule has 1 amide bonds. The van der Waals surface area contributed by atoms with Crippen LogP contribution in [-0.4, -0.2) is 25.1 Å². The fourth-order valence-corrected chi connectivity index (χ4v) is 4.60. The van der Waals surface area contributed by atoms with E-state index in [1.54, 1.807) is 19.1 Å². The zero-order valence-electron chi connectivity index (χ0n) is 17.1. The Labute approximate surface area is 180 Å². The number of carbonyl (C=O) groups is 2. The largest absolute Gasteiger partial charge is 0.493 e. The van der Waals surface area contributed by atoms with Gasteiger partial charge in [-0.3, -0.25) is 4.79 Å². The summed E-state index contributed by atoms with van der Waals surface area (Å²) >= 11 is 1.39. The Morgan fingerprint density at radius 3 is 2.80 bits per heavy atom. The Morgan fingerprint density at radius 1 is 1.27 bits per heavy atom. The third kappa shape index (κ3) is 4.71. The van der Waals surface area contributed by atoms with Gasteiger partial charge in [0.1, 0.15) is 22.4 Å². The highest BCUT2D eigenvalue weighted by Gasteiger charge is 2.28. The highest BCUT2D eigenvalue weighted by Crippen LogP contribution is 2.39. The lowest BCUT2D eigenvalue weighted by Crippen LogP contribution is -2.16. The predicted octanol–water partition coefficient (Wildman–Crippen LogP) is 4.75. The second-order valence-electron chi connectivity index (χ2n) is 6.79. The Kier molecular flexibility index (Phi) is 7.26. The summed E-state index contributed by atoms with van der Waals surface area (Å²) in [6, 6.07) is 9.21. The van der Waals surface area contributed by atoms with E-state index in [1.165, 1.54) is 17.4 Å². The van der Waals surface area contributed by atoms with Crippen LogP contribution in [0.25, 0.3) is 6.08 Å². The Morgan fingerprint density at radius 2 is 2.07 bits per heavy atom. The number of rotatable bonds is 8. The summed E-state index contributed by atoms with van der Waals surface area (Å²) in [7, 11) is 0. The summed E-state index contributed by atoms with van der Waals surface area (Å²) in [5.41, 5.74) is 1.96. The summed E-state index contributed by atoms with van der Waals surface area (Å²) in [5.74, 6) is -0.386. The lowest BCUT2D eigenvalue weighted by atomic mass is 10.1. The minimum atomic E-state index is -0.562. The third-order valence-corrected chi connectivity index (χ3v) is 5.88. The molecule has 1 heterocycles. The molecule has 1 aromatic heterocycles. The molecule has 0 saturated carbocycles. The summed E-state index contributed by atoms with van der Waals surface area (Å²) < 4.78 is 10.9. The van der Waals surface area contributed by atoms with E-state index in [-0.39, 0.29) is 12.2 Å². The molecule has 0 unspecified atom stereocenters. The summed E-state index contributed by atoms with van der Waals surface area (Å²) in [5, 5.41) is 12.8. The van der Waals surface area contributed by atoms with Crippen molar-refractivity contribution in [3.05, 3.63) is 51.4 Å². The van der Waals surface area contributed by atoms with E-state index in [4.69, 9.17) is 9.47 Å². The number of amides is 1. The maximum Gasteiger partial charge on any atom is 0.341 e. The van der Waals surface area contributed by atoms with Crippen molar-refractivity contribution in [2.45, 2.75) is 39.5 Å². The molecular weight excluding hydrogens is 400 g/mol. The fourth-order valence-electron chi connectivity index (χ4n) is 3.33. The van der Waals surface area contributed by atoms with Gasteiger partial charge in [-0.05, 0) is 50.3 Å². The van der Waals surface area contributed by atoms with Gasteiger partial charge in [0.15, 0.2) is 0 Å². The zero-order chi connectivity index (χ0) is 21.5. The first-order chi connectivity index (χ1) is 14.6. The maximum absolute atomic E-state index is 12.8. The van der Waals surface area contributed by atoms with Crippen LogP contribution in [0, 0.1) is 11.3 Å². The fraction of sp³-hybridized carbons (Fsp3) is 0.348. The van der Waals surface area contributed by atoms with Crippen LogP contribution in [0.3, 0.4) is 0 Å². The minimum absolute atomic E-state index is 0.0640. The number of hydrogen-bond donors (Lipinski definition) is 1. The molecule has 6 nitrogen and oxygen atoms in total. The molecule has 0 atom stereocenters.